The van der Waals surface area contributed by atoms with Gasteiger partial charge in [0.1, 0.15) is 0 Å². The van der Waals surface area contributed by atoms with Gasteiger partial charge in [-0.1, -0.05) is 0 Å². The first-order valence-electron chi connectivity index (χ1n) is 3.42. The summed E-state index contributed by atoms with van der Waals surface area (Å²) in [5, 5.41) is 0.764. The van der Waals surface area contributed by atoms with Gasteiger partial charge in [-0.15, -0.1) is 0 Å². The molecule has 0 saturated heterocycles. The van der Waals surface area contributed by atoms with Crippen molar-refractivity contribution in [2.24, 2.45) is 0 Å². The van der Waals surface area contributed by atoms with Gasteiger partial charge < -0.3 is 0 Å². The second-order valence-electron chi connectivity index (χ2n) is 2.29. The van der Waals surface area contributed by atoms with E-state index in [-0.39, 0.29) is 5.56 Å². The third kappa shape index (κ3) is 1.14. The Kier molecular flexibility index (Phi) is 1.51. The first-order valence-corrected chi connectivity index (χ1v) is 3.42. The normalized spacial score (nSPS) is 10.0. The van der Waals surface area contributed by atoms with E-state index in [1.807, 2.05) is 0 Å². The molecule has 2 aromatic heterocycles. The van der Waals surface area contributed by atoms with Gasteiger partial charge in [-0.25, -0.2) is 4.98 Å². The molecule has 2 rings (SSSR count). The van der Waals surface area contributed by atoms with Crippen LogP contribution in [0.4, 0.5) is 0 Å². The molecule has 0 spiro atoms. The van der Waals surface area contributed by atoms with E-state index in [0.717, 1.165) is 5.39 Å². The molecule has 58 valence electrons. The van der Waals surface area contributed by atoms with E-state index in [4.69, 9.17) is 0 Å². The molecule has 0 aliphatic carbocycles. The third-order valence-corrected chi connectivity index (χ3v) is 1.46. The van der Waals surface area contributed by atoms with Gasteiger partial charge in [-0.3, -0.25) is 14.8 Å². The van der Waals surface area contributed by atoms with Crippen LogP contribution < -0.4 is 5.56 Å². The Morgan fingerprint density at radius 1 is 1.08 bits per heavy atom. The minimum absolute atomic E-state index is 0.337. The summed E-state index contributed by atoms with van der Waals surface area (Å²) in [5.74, 6) is 0. The van der Waals surface area contributed by atoms with Crippen molar-refractivity contribution < 1.29 is 0 Å². The number of pyridine rings is 1. The first kappa shape index (κ1) is 6.84. The van der Waals surface area contributed by atoms with E-state index in [2.05, 4.69) is 15.0 Å². The number of fused-ring (bicyclic) bond motifs is 1. The Hall–Kier alpha value is -1.84. The maximum atomic E-state index is 10.9. The topological polar surface area (TPSA) is 55.7 Å². The highest BCUT2D eigenvalue weighted by Gasteiger charge is 1.91. The van der Waals surface area contributed by atoms with Crippen molar-refractivity contribution in [1.29, 1.82) is 0 Å². The Morgan fingerprint density at radius 3 is 2.83 bits per heavy atom. The lowest BCUT2D eigenvalue weighted by Crippen LogP contribution is -1.98. The minimum atomic E-state index is -0.337. The lowest BCUT2D eigenvalue weighted by molar-refractivity contribution is 1.26. The standard InChI is InChI=1S/C8H5N3O/c12-8-5-10-4-6-3-9-2-1-7(6)11-8/h1-5H. The highest BCUT2D eigenvalue weighted by molar-refractivity contribution is 5.75. The highest BCUT2D eigenvalue weighted by atomic mass is 16.1. The van der Waals surface area contributed by atoms with Gasteiger partial charge >= 0.3 is 0 Å². The van der Waals surface area contributed by atoms with E-state index in [1.54, 1.807) is 24.7 Å². The fraction of sp³-hybridized carbons (Fsp3) is 0. The highest BCUT2D eigenvalue weighted by Crippen LogP contribution is 2.02. The Bertz CT molecular complexity index is 469. The average Bonchev–Trinajstić information content (AvgIpc) is 2.25. The SMILES string of the molecule is O=c1cncc2cnccc2n1. The van der Waals surface area contributed by atoms with Gasteiger partial charge in [0.25, 0.3) is 5.56 Å². The summed E-state index contributed by atoms with van der Waals surface area (Å²) < 4.78 is 0. The molecule has 4 heteroatoms. The van der Waals surface area contributed by atoms with Gasteiger partial charge in [0, 0.05) is 24.0 Å². The Balaban J connectivity index is 2.98. The number of hydrogen-bond acceptors (Lipinski definition) is 4. The smallest absolute Gasteiger partial charge is 0.266 e. The molecule has 0 unspecified atom stereocenters. The number of nitrogens with zero attached hydrogens (tertiary/aromatic N) is 3. The molecule has 0 aliphatic heterocycles. The van der Waals surface area contributed by atoms with Crippen molar-refractivity contribution in [2.45, 2.75) is 0 Å². The number of aromatic nitrogens is 3. The first-order chi connectivity index (χ1) is 5.86. The summed E-state index contributed by atoms with van der Waals surface area (Å²) in [5.41, 5.74) is 0.281. The maximum Gasteiger partial charge on any atom is 0.288 e. The van der Waals surface area contributed by atoms with Gasteiger partial charge in [0.15, 0.2) is 0 Å². The zero-order chi connectivity index (χ0) is 8.39. The monoisotopic (exact) mass is 159 g/mol. The van der Waals surface area contributed by atoms with Crippen molar-refractivity contribution in [2.75, 3.05) is 0 Å². The quantitative estimate of drug-likeness (QED) is 0.557. The van der Waals surface area contributed by atoms with E-state index < -0.39 is 0 Å². The van der Waals surface area contributed by atoms with Crippen LogP contribution in [0.3, 0.4) is 0 Å². The molecule has 0 aliphatic rings. The van der Waals surface area contributed by atoms with E-state index >= 15 is 0 Å². The molecule has 0 radical (unpaired) electrons. The van der Waals surface area contributed by atoms with Crippen LogP contribution >= 0.6 is 0 Å². The van der Waals surface area contributed by atoms with Crippen molar-refractivity contribution in [1.82, 2.24) is 15.0 Å². The van der Waals surface area contributed by atoms with Gasteiger partial charge in [-0.05, 0) is 6.07 Å². The molecule has 0 bridgehead atoms. The average molecular weight is 159 g/mol. The van der Waals surface area contributed by atoms with Crippen molar-refractivity contribution in [3.8, 4) is 0 Å². The maximum absolute atomic E-state index is 10.9. The van der Waals surface area contributed by atoms with Crippen LogP contribution in [-0.2, 0) is 0 Å². The second kappa shape index (κ2) is 2.65. The molecule has 0 N–H and O–H groups in total. The van der Waals surface area contributed by atoms with Crippen LogP contribution in [0.2, 0.25) is 0 Å². The predicted octanol–water partition coefficient (Wildman–Crippen LogP) is 0.385. The molecule has 0 atom stereocenters. The Morgan fingerprint density at radius 2 is 1.92 bits per heavy atom. The van der Waals surface area contributed by atoms with E-state index in [9.17, 15) is 4.79 Å². The molecule has 0 saturated carbocycles. The summed E-state index contributed by atoms with van der Waals surface area (Å²) >= 11 is 0. The lowest BCUT2D eigenvalue weighted by Gasteiger charge is -1.84. The molecule has 0 fully saturated rings. The zero-order valence-electron chi connectivity index (χ0n) is 6.14. The van der Waals surface area contributed by atoms with Gasteiger partial charge in [-0.2, -0.15) is 0 Å². The van der Waals surface area contributed by atoms with Gasteiger partial charge in [0.2, 0.25) is 0 Å². The van der Waals surface area contributed by atoms with E-state index in [1.165, 1.54) is 6.20 Å². The predicted molar refractivity (Wildman–Crippen MR) is 43.6 cm³/mol. The van der Waals surface area contributed by atoms with Crippen LogP contribution in [-0.4, -0.2) is 15.0 Å². The molecule has 2 aromatic rings. The molecular formula is C8H5N3O. The fourth-order valence-electron chi connectivity index (χ4n) is 0.930. The van der Waals surface area contributed by atoms with Crippen molar-refractivity contribution in [3.05, 3.63) is 41.2 Å². The van der Waals surface area contributed by atoms with Crippen LogP contribution in [0, 0.1) is 0 Å². The minimum Gasteiger partial charge on any atom is -0.266 e. The lowest BCUT2D eigenvalue weighted by atomic mass is 10.3. The molecule has 0 aromatic carbocycles. The Labute approximate surface area is 67.9 Å². The molecule has 12 heavy (non-hydrogen) atoms. The second-order valence-corrected chi connectivity index (χ2v) is 2.29. The van der Waals surface area contributed by atoms with Crippen molar-refractivity contribution in [3.63, 3.8) is 0 Å². The fourth-order valence-corrected chi connectivity index (χ4v) is 0.930. The molecular weight excluding hydrogens is 154 g/mol. The summed E-state index contributed by atoms with van der Waals surface area (Å²) in [4.78, 5) is 22.3. The van der Waals surface area contributed by atoms with E-state index in [0.29, 0.717) is 5.52 Å². The summed E-state index contributed by atoms with van der Waals surface area (Å²) in [6, 6.07) is 1.68. The van der Waals surface area contributed by atoms with Gasteiger partial charge in [0.05, 0.1) is 11.7 Å². The molecule has 4 nitrogen and oxygen atoms in total. The molecule has 0 amide bonds. The zero-order valence-corrected chi connectivity index (χ0v) is 6.14. The number of hydrogen-bond donors (Lipinski definition) is 0. The third-order valence-electron chi connectivity index (χ3n) is 1.46. The number of rotatable bonds is 0. The van der Waals surface area contributed by atoms with Crippen molar-refractivity contribution >= 4 is 10.9 Å². The summed E-state index contributed by atoms with van der Waals surface area (Å²) in [6.07, 6.45) is 5.96. The van der Waals surface area contributed by atoms with Crippen LogP contribution in [0.15, 0.2) is 35.6 Å². The largest absolute Gasteiger partial charge is 0.288 e. The summed E-state index contributed by atoms with van der Waals surface area (Å²) in [7, 11) is 0. The van der Waals surface area contributed by atoms with Crippen LogP contribution in [0.1, 0.15) is 0 Å². The van der Waals surface area contributed by atoms with Crippen LogP contribution in [0.25, 0.3) is 10.9 Å². The van der Waals surface area contributed by atoms with Crippen LogP contribution in [0.5, 0.6) is 0 Å². The molecule has 2 heterocycles. The summed E-state index contributed by atoms with van der Waals surface area (Å²) in [6.45, 7) is 0.